The van der Waals surface area contributed by atoms with Crippen molar-refractivity contribution >= 4 is 11.0 Å². The summed E-state index contributed by atoms with van der Waals surface area (Å²) in [6.07, 6.45) is 0. The van der Waals surface area contributed by atoms with Gasteiger partial charge in [0.25, 0.3) is 0 Å². The molecule has 3 nitrogen and oxygen atoms in total. The molecule has 118 valence electrons. The smallest absolute Gasteiger partial charge is 0.200 e. The quantitative estimate of drug-likeness (QED) is 0.753. The second kappa shape index (κ2) is 5.50. The van der Waals surface area contributed by atoms with Gasteiger partial charge in [0.1, 0.15) is 28.7 Å². The summed E-state index contributed by atoms with van der Waals surface area (Å²) in [6, 6.07) is 7.19. The molecule has 0 saturated heterocycles. The van der Waals surface area contributed by atoms with E-state index < -0.39 is 17.1 Å². The lowest BCUT2D eigenvalue weighted by atomic mass is 9.96. The van der Waals surface area contributed by atoms with Gasteiger partial charge in [0.15, 0.2) is 0 Å². The van der Waals surface area contributed by atoms with Crippen LogP contribution in [0.15, 0.2) is 45.6 Å². The van der Waals surface area contributed by atoms with Crippen molar-refractivity contribution in [2.75, 3.05) is 0 Å². The van der Waals surface area contributed by atoms with Crippen molar-refractivity contribution in [1.82, 2.24) is 0 Å². The molecule has 0 spiro atoms. The Morgan fingerprint density at radius 1 is 1.09 bits per heavy atom. The number of benzene rings is 2. The molecule has 23 heavy (non-hydrogen) atoms. The van der Waals surface area contributed by atoms with E-state index in [1.165, 1.54) is 24.3 Å². The van der Waals surface area contributed by atoms with E-state index >= 15 is 0 Å². The average molecular weight is 316 g/mol. The van der Waals surface area contributed by atoms with Gasteiger partial charge < -0.3 is 9.52 Å². The Bertz CT molecular complexity index is 958. The van der Waals surface area contributed by atoms with Gasteiger partial charge in [-0.3, -0.25) is 4.79 Å². The molecule has 0 aliphatic rings. The largest absolute Gasteiger partial charge is 0.508 e. The van der Waals surface area contributed by atoms with Crippen LogP contribution in [0.25, 0.3) is 22.1 Å². The Balaban J connectivity index is 2.43. The molecule has 0 aliphatic heterocycles. The van der Waals surface area contributed by atoms with Gasteiger partial charge in [-0.1, -0.05) is 13.8 Å². The predicted octanol–water partition coefficient (Wildman–Crippen LogP) is 4.57. The zero-order valence-electron chi connectivity index (χ0n) is 12.6. The Morgan fingerprint density at radius 3 is 2.48 bits per heavy atom. The number of hydrogen-bond acceptors (Lipinski definition) is 3. The van der Waals surface area contributed by atoms with Gasteiger partial charge in [-0.2, -0.15) is 0 Å². The van der Waals surface area contributed by atoms with Crippen LogP contribution in [0.4, 0.5) is 8.78 Å². The van der Waals surface area contributed by atoms with Crippen molar-refractivity contribution in [3.8, 4) is 16.9 Å². The first-order chi connectivity index (χ1) is 10.9. The van der Waals surface area contributed by atoms with Gasteiger partial charge in [0.2, 0.25) is 5.43 Å². The van der Waals surface area contributed by atoms with Crippen LogP contribution >= 0.6 is 0 Å². The van der Waals surface area contributed by atoms with Crippen molar-refractivity contribution < 1.29 is 18.3 Å². The van der Waals surface area contributed by atoms with Crippen LogP contribution in [0.3, 0.4) is 0 Å². The second-order valence-electron chi connectivity index (χ2n) is 5.63. The summed E-state index contributed by atoms with van der Waals surface area (Å²) in [5.41, 5.74) is -0.111. The Morgan fingerprint density at radius 2 is 1.83 bits per heavy atom. The fourth-order valence-electron chi connectivity index (χ4n) is 2.55. The highest BCUT2D eigenvalue weighted by atomic mass is 19.1. The Kier molecular flexibility index (Phi) is 3.64. The van der Waals surface area contributed by atoms with Crippen LogP contribution in [-0.4, -0.2) is 5.11 Å². The molecular weight excluding hydrogens is 302 g/mol. The van der Waals surface area contributed by atoms with Crippen molar-refractivity contribution in [3.05, 3.63) is 64.0 Å². The number of rotatable bonds is 2. The van der Waals surface area contributed by atoms with Gasteiger partial charge in [-0.05, 0) is 24.3 Å². The highest BCUT2D eigenvalue weighted by Crippen LogP contribution is 2.32. The minimum atomic E-state index is -0.822. The van der Waals surface area contributed by atoms with Crippen molar-refractivity contribution in [3.63, 3.8) is 0 Å². The number of phenolic OH excluding ortho intramolecular Hbond substituents is 1. The van der Waals surface area contributed by atoms with Crippen molar-refractivity contribution in [1.29, 1.82) is 0 Å². The maximum atomic E-state index is 14.2. The molecule has 0 amide bonds. The number of phenols is 1. The molecule has 1 N–H and O–H groups in total. The zero-order chi connectivity index (χ0) is 16.7. The average Bonchev–Trinajstić information content (AvgIpc) is 2.47. The molecule has 1 heterocycles. The first-order valence-electron chi connectivity index (χ1n) is 7.13. The Hall–Kier alpha value is -2.69. The summed E-state index contributed by atoms with van der Waals surface area (Å²) in [6.45, 7) is 3.61. The van der Waals surface area contributed by atoms with Gasteiger partial charge >= 0.3 is 0 Å². The number of hydrogen-bond donors (Lipinski definition) is 1. The van der Waals surface area contributed by atoms with Crippen molar-refractivity contribution in [2.24, 2.45) is 0 Å². The predicted molar refractivity (Wildman–Crippen MR) is 83.6 cm³/mol. The fraction of sp³-hybridized carbons (Fsp3) is 0.167. The first-order valence-corrected chi connectivity index (χ1v) is 7.13. The molecule has 0 saturated carbocycles. The number of fused-ring (bicyclic) bond motifs is 1. The monoisotopic (exact) mass is 316 g/mol. The van der Waals surface area contributed by atoms with Crippen LogP contribution < -0.4 is 5.43 Å². The van der Waals surface area contributed by atoms with Crippen LogP contribution in [-0.2, 0) is 0 Å². The van der Waals surface area contributed by atoms with Gasteiger partial charge in [-0.25, -0.2) is 8.78 Å². The maximum Gasteiger partial charge on any atom is 0.200 e. The van der Waals surface area contributed by atoms with Crippen LogP contribution in [0.2, 0.25) is 0 Å². The molecule has 0 aliphatic carbocycles. The van der Waals surface area contributed by atoms with E-state index in [-0.39, 0.29) is 33.8 Å². The van der Waals surface area contributed by atoms with Crippen molar-refractivity contribution in [2.45, 2.75) is 19.8 Å². The molecule has 0 bridgehead atoms. The van der Waals surface area contributed by atoms with E-state index in [1.807, 2.05) is 0 Å². The van der Waals surface area contributed by atoms with Gasteiger partial charge in [0.05, 0.1) is 10.9 Å². The molecule has 5 heteroatoms. The molecule has 0 radical (unpaired) electrons. The Labute approximate surface area is 130 Å². The van der Waals surface area contributed by atoms with Gasteiger partial charge in [0, 0.05) is 23.6 Å². The summed E-state index contributed by atoms with van der Waals surface area (Å²) < 4.78 is 33.0. The standard InChI is InChI=1S/C18H14F2O3/c1-9(2)18-16(12-5-3-10(19)7-14(12)20)17(22)13-6-4-11(21)8-15(13)23-18/h3-9,21H,1-2H3. The van der Waals surface area contributed by atoms with E-state index in [1.54, 1.807) is 13.8 Å². The topological polar surface area (TPSA) is 50.4 Å². The normalized spacial score (nSPS) is 11.3. The first kappa shape index (κ1) is 15.2. The lowest BCUT2D eigenvalue weighted by molar-refractivity contribution is 0.470. The molecule has 3 aromatic rings. The fourth-order valence-corrected chi connectivity index (χ4v) is 2.55. The van der Waals surface area contributed by atoms with E-state index in [0.29, 0.717) is 5.76 Å². The lowest BCUT2D eigenvalue weighted by Crippen LogP contribution is -2.11. The third-order valence-corrected chi connectivity index (χ3v) is 3.63. The number of halogens is 2. The van der Waals surface area contributed by atoms with Crippen LogP contribution in [0.1, 0.15) is 25.5 Å². The van der Waals surface area contributed by atoms with E-state index in [9.17, 15) is 18.7 Å². The summed E-state index contributed by atoms with van der Waals surface area (Å²) in [5.74, 6) is -1.48. The third kappa shape index (κ3) is 2.59. The number of aromatic hydroxyl groups is 1. The van der Waals surface area contributed by atoms with Crippen LogP contribution in [0, 0.1) is 11.6 Å². The van der Waals surface area contributed by atoms with E-state index in [2.05, 4.69) is 0 Å². The molecular formula is C18H14F2O3. The lowest BCUT2D eigenvalue weighted by Gasteiger charge is -2.13. The SMILES string of the molecule is CC(C)c1oc2cc(O)ccc2c(=O)c1-c1ccc(F)cc1F. The maximum absolute atomic E-state index is 14.2. The molecule has 3 rings (SSSR count). The van der Waals surface area contributed by atoms with E-state index in [0.717, 1.165) is 12.1 Å². The minimum Gasteiger partial charge on any atom is -0.508 e. The zero-order valence-corrected chi connectivity index (χ0v) is 12.6. The molecule has 0 atom stereocenters. The third-order valence-electron chi connectivity index (χ3n) is 3.63. The minimum absolute atomic E-state index is 0.00109. The molecule has 0 unspecified atom stereocenters. The summed E-state index contributed by atoms with van der Waals surface area (Å²) in [7, 11) is 0. The molecule has 0 fully saturated rings. The molecule has 1 aromatic heterocycles. The van der Waals surface area contributed by atoms with Crippen LogP contribution in [0.5, 0.6) is 5.75 Å². The van der Waals surface area contributed by atoms with Gasteiger partial charge in [-0.15, -0.1) is 0 Å². The second-order valence-corrected chi connectivity index (χ2v) is 5.63. The summed E-state index contributed by atoms with van der Waals surface area (Å²) in [4.78, 5) is 12.8. The summed E-state index contributed by atoms with van der Waals surface area (Å²) in [5, 5.41) is 9.78. The highest BCUT2D eigenvalue weighted by Gasteiger charge is 2.21. The molecule has 2 aromatic carbocycles. The summed E-state index contributed by atoms with van der Waals surface area (Å²) >= 11 is 0. The highest BCUT2D eigenvalue weighted by molar-refractivity contribution is 5.84. The van der Waals surface area contributed by atoms with E-state index in [4.69, 9.17) is 4.42 Å².